The number of piperidine rings is 1. The van der Waals surface area contributed by atoms with E-state index in [1.54, 1.807) is 0 Å². The Morgan fingerprint density at radius 1 is 1.31 bits per heavy atom. The maximum absolute atomic E-state index is 4.66. The lowest BCUT2D eigenvalue weighted by molar-refractivity contribution is 0.408. The molecule has 1 unspecified atom stereocenters. The quantitative estimate of drug-likeness (QED) is 0.832. The van der Waals surface area contributed by atoms with Gasteiger partial charge in [0.1, 0.15) is 0 Å². The van der Waals surface area contributed by atoms with Crippen molar-refractivity contribution >= 4 is 0 Å². The number of hydrogen-bond donors (Lipinski definition) is 1. The first-order chi connectivity index (χ1) is 7.61. The van der Waals surface area contributed by atoms with E-state index in [2.05, 4.69) is 42.8 Å². The molecule has 1 aromatic heterocycles. The van der Waals surface area contributed by atoms with E-state index in [1.165, 1.54) is 36.2 Å². The van der Waals surface area contributed by atoms with Crippen molar-refractivity contribution in [1.29, 1.82) is 0 Å². The van der Waals surface area contributed by atoms with E-state index in [4.69, 9.17) is 0 Å². The Morgan fingerprint density at radius 2 is 2.06 bits per heavy atom. The van der Waals surface area contributed by atoms with Gasteiger partial charge in [-0.05, 0) is 47.1 Å². The molecule has 2 rings (SSSR count). The maximum Gasteiger partial charge on any atom is 0.0644 e. The molecule has 3 nitrogen and oxygen atoms in total. The van der Waals surface area contributed by atoms with Gasteiger partial charge in [-0.3, -0.25) is 4.68 Å². The fourth-order valence-electron chi connectivity index (χ4n) is 2.78. The second-order valence-corrected chi connectivity index (χ2v) is 5.13. The lowest BCUT2D eigenvalue weighted by Gasteiger charge is -2.24. The summed E-state index contributed by atoms with van der Waals surface area (Å²) in [4.78, 5) is 0. The molecular weight excluding hydrogens is 198 g/mol. The van der Waals surface area contributed by atoms with Gasteiger partial charge in [0.05, 0.1) is 5.69 Å². The number of nitrogens with one attached hydrogen (secondary N) is 1. The third kappa shape index (κ3) is 2.01. The summed E-state index contributed by atoms with van der Waals surface area (Å²) in [5.41, 5.74) is 3.98. The average molecular weight is 221 g/mol. The topological polar surface area (TPSA) is 29.9 Å². The average Bonchev–Trinajstić information content (AvgIpc) is 2.56. The Kier molecular flexibility index (Phi) is 3.33. The van der Waals surface area contributed by atoms with Crippen LogP contribution in [-0.2, 0) is 0 Å². The first-order valence-electron chi connectivity index (χ1n) is 6.40. The molecule has 2 heterocycles. The van der Waals surface area contributed by atoms with Crippen molar-refractivity contribution in [3.63, 3.8) is 0 Å². The van der Waals surface area contributed by atoms with Crippen molar-refractivity contribution in [3.05, 3.63) is 17.0 Å². The van der Waals surface area contributed by atoms with Crippen LogP contribution in [0, 0.1) is 13.8 Å². The predicted molar refractivity (Wildman–Crippen MR) is 66.7 cm³/mol. The van der Waals surface area contributed by atoms with Crippen LogP contribution in [0.25, 0.3) is 0 Å². The molecule has 0 bridgehead atoms. The highest BCUT2D eigenvalue weighted by atomic mass is 15.3. The van der Waals surface area contributed by atoms with Gasteiger partial charge in [0.2, 0.25) is 0 Å². The molecule has 1 saturated heterocycles. The monoisotopic (exact) mass is 221 g/mol. The second-order valence-electron chi connectivity index (χ2n) is 5.13. The Labute approximate surface area is 98.2 Å². The van der Waals surface area contributed by atoms with Gasteiger partial charge in [-0.1, -0.05) is 6.42 Å². The van der Waals surface area contributed by atoms with Crippen molar-refractivity contribution < 1.29 is 0 Å². The van der Waals surface area contributed by atoms with Crippen molar-refractivity contribution in [1.82, 2.24) is 15.1 Å². The van der Waals surface area contributed by atoms with Gasteiger partial charge in [0.15, 0.2) is 0 Å². The van der Waals surface area contributed by atoms with E-state index in [1.807, 2.05) is 0 Å². The lowest BCUT2D eigenvalue weighted by atomic mass is 9.96. The van der Waals surface area contributed by atoms with E-state index >= 15 is 0 Å². The zero-order chi connectivity index (χ0) is 11.7. The van der Waals surface area contributed by atoms with Crippen LogP contribution in [0.15, 0.2) is 0 Å². The molecule has 16 heavy (non-hydrogen) atoms. The summed E-state index contributed by atoms with van der Waals surface area (Å²) in [5, 5.41) is 8.28. The summed E-state index contributed by atoms with van der Waals surface area (Å²) in [6.07, 6.45) is 3.90. The van der Waals surface area contributed by atoms with Crippen molar-refractivity contribution in [3.8, 4) is 0 Å². The first kappa shape index (κ1) is 11.6. The van der Waals surface area contributed by atoms with E-state index in [9.17, 15) is 0 Å². The van der Waals surface area contributed by atoms with Gasteiger partial charge in [-0.15, -0.1) is 0 Å². The number of nitrogens with zero attached hydrogens (tertiary/aromatic N) is 2. The van der Waals surface area contributed by atoms with Gasteiger partial charge >= 0.3 is 0 Å². The van der Waals surface area contributed by atoms with Crippen LogP contribution in [0.1, 0.15) is 62.1 Å². The first-order valence-corrected chi connectivity index (χ1v) is 6.40. The summed E-state index contributed by atoms with van der Waals surface area (Å²) in [6.45, 7) is 9.87. The highest BCUT2D eigenvalue weighted by Crippen LogP contribution is 2.29. The fourth-order valence-corrected chi connectivity index (χ4v) is 2.78. The van der Waals surface area contributed by atoms with Crippen LogP contribution in [0.3, 0.4) is 0 Å². The smallest absolute Gasteiger partial charge is 0.0644 e. The molecular formula is C13H23N3. The Balaban J connectivity index is 2.32. The minimum atomic E-state index is 0.455. The molecule has 0 aromatic carbocycles. The third-order valence-corrected chi connectivity index (χ3v) is 3.53. The zero-order valence-corrected chi connectivity index (χ0v) is 10.9. The maximum atomic E-state index is 4.66. The lowest BCUT2D eigenvalue weighted by Crippen LogP contribution is -2.27. The Bertz CT molecular complexity index is 359. The minimum absolute atomic E-state index is 0.455. The summed E-state index contributed by atoms with van der Waals surface area (Å²) < 4.78 is 2.15. The van der Waals surface area contributed by atoms with Gasteiger partial charge in [-0.25, -0.2) is 0 Å². The van der Waals surface area contributed by atoms with Crippen molar-refractivity contribution in [2.24, 2.45) is 0 Å². The molecule has 1 fully saturated rings. The molecule has 1 aromatic rings. The van der Waals surface area contributed by atoms with Crippen molar-refractivity contribution in [2.45, 2.75) is 59.0 Å². The third-order valence-electron chi connectivity index (χ3n) is 3.53. The van der Waals surface area contributed by atoms with Crippen LogP contribution in [0.4, 0.5) is 0 Å². The van der Waals surface area contributed by atoms with Gasteiger partial charge < -0.3 is 5.32 Å². The Hall–Kier alpha value is -0.830. The van der Waals surface area contributed by atoms with Crippen LogP contribution in [0.2, 0.25) is 0 Å². The number of aryl methyl sites for hydroxylation is 1. The highest BCUT2D eigenvalue weighted by molar-refractivity contribution is 5.29. The molecule has 90 valence electrons. The van der Waals surface area contributed by atoms with Gasteiger partial charge in [0.25, 0.3) is 0 Å². The highest BCUT2D eigenvalue weighted by Gasteiger charge is 2.22. The normalized spacial score (nSPS) is 21.7. The van der Waals surface area contributed by atoms with Gasteiger partial charge in [0, 0.05) is 23.3 Å². The molecule has 1 aliphatic rings. The molecule has 1 aliphatic heterocycles. The summed E-state index contributed by atoms with van der Waals surface area (Å²) in [7, 11) is 0. The minimum Gasteiger partial charge on any atom is -0.310 e. The summed E-state index contributed by atoms with van der Waals surface area (Å²) >= 11 is 0. The number of aromatic nitrogens is 2. The Morgan fingerprint density at radius 3 is 2.56 bits per heavy atom. The number of rotatable bonds is 2. The molecule has 0 aliphatic carbocycles. The fraction of sp³-hybridized carbons (Fsp3) is 0.769. The molecule has 3 heteroatoms. The number of hydrogen-bond acceptors (Lipinski definition) is 2. The molecule has 0 saturated carbocycles. The molecule has 1 atom stereocenters. The largest absolute Gasteiger partial charge is 0.310 e. The van der Waals surface area contributed by atoms with E-state index in [-0.39, 0.29) is 0 Å². The van der Waals surface area contributed by atoms with Crippen LogP contribution < -0.4 is 5.32 Å². The predicted octanol–water partition coefficient (Wildman–Crippen LogP) is 2.90. The van der Waals surface area contributed by atoms with Crippen molar-refractivity contribution in [2.75, 3.05) is 6.54 Å². The summed E-state index contributed by atoms with van der Waals surface area (Å²) in [6, 6.07) is 0.984. The second kappa shape index (κ2) is 4.58. The van der Waals surface area contributed by atoms with E-state index in [0.29, 0.717) is 12.1 Å². The SMILES string of the molecule is Cc1nn(C(C)C)c(C)c1C1CCCCN1. The molecule has 0 spiro atoms. The standard InChI is InChI=1S/C13H23N3/c1-9(2)16-11(4)13(10(3)15-16)12-7-5-6-8-14-12/h9,12,14H,5-8H2,1-4H3. The van der Waals surface area contributed by atoms with Gasteiger partial charge in [-0.2, -0.15) is 5.10 Å². The molecule has 0 amide bonds. The zero-order valence-electron chi connectivity index (χ0n) is 10.9. The van der Waals surface area contributed by atoms with Crippen LogP contribution >= 0.6 is 0 Å². The summed E-state index contributed by atoms with van der Waals surface area (Å²) in [5.74, 6) is 0. The molecule has 1 N–H and O–H groups in total. The molecule has 0 radical (unpaired) electrons. The van der Waals surface area contributed by atoms with E-state index < -0.39 is 0 Å². The van der Waals surface area contributed by atoms with Crippen LogP contribution in [0.5, 0.6) is 0 Å². The van der Waals surface area contributed by atoms with E-state index in [0.717, 1.165) is 6.54 Å². The van der Waals surface area contributed by atoms with Crippen LogP contribution in [-0.4, -0.2) is 16.3 Å².